The van der Waals surface area contributed by atoms with Gasteiger partial charge < -0.3 is 5.73 Å². The number of carbonyl (C=O) groups is 2. The maximum atomic E-state index is 11.7. The molecule has 3 rings (SSSR count). The van der Waals surface area contributed by atoms with Crippen LogP contribution in [-0.2, 0) is 9.59 Å². The third kappa shape index (κ3) is 1.79. The maximum absolute atomic E-state index is 11.7. The average molecular weight is 234 g/mol. The molecule has 0 spiro atoms. The van der Waals surface area contributed by atoms with Crippen LogP contribution < -0.4 is 10.6 Å². The molecule has 1 aliphatic heterocycles. The molecule has 17 heavy (non-hydrogen) atoms. The van der Waals surface area contributed by atoms with Crippen LogP contribution >= 0.6 is 0 Å². The Labute approximate surface area is 98.2 Å². The normalized spacial score (nSPS) is 24.4. The second kappa shape index (κ2) is 3.58. The van der Waals surface area contributed by atoms with Gasteiger partial charge in [-0.25, -0.2) is 0 Å². The molecule has 2 heterocycles. The van der Waals surface area contributed by atoms with Gasteiger partial charge in [-0.15, -0.1) is 0 Å². The topological polar surface area (TPSA) is 92.1 Å². The first-order chi connectivity index (χ1) is 8.15. The number of amides is 2. The maximum Gasteiger partial charge on any atom is 0.229 e. The summed E-state index contributed by atoms with van der Waals surface area (Å²) in [6, 6.07) is 1.90. The van der Waals surface area contributed by atoms with Crippen LogP contribution in [0.3, 0.4) is 0 Å². The van der Waals surface area contributed by atoms with Crippen molar-refractivity contribution in [3.63, 3.8) is 0 Å². The Morgan fingerprint density at radius 2 is 2.29 bits per heavy atom. The van der Waals surface area contributed by atoms with Gasteiger partial charge in [0, 0.05) is 30.6 Å². The van der Waals surface area contributed by atoms with Gasteiger partial charge >= 0.3 is 0 Å². The lowest BCUT2D eigenvalue weighted by molar-refractivity contribution is -0.123. The van der Waals surface area contributed by atoms with Crippen molar-refractivity contribution in [3.8, 4) is 0 Å². The van der Waals surface area contributed by atoms with Gasteiger partial charge in [-0.3, -0.25) is 19.6 Å². The van der Waals surface area contributed by atoms with Crippen LogP contribution in [0.4, 0.5) is 5.82 Å². The molecule has 0 bridgehead atoms. The fourth-order valence-electron chi connectivity index (χ4n) is 2.19. The lowest BCUT2D eigenvalue weighted by Gasteiger charge is -2.11. The van der Waals surface area contributed by atoms with Crippen LogP contribution in [-0.4, -0.2) is 28.6 Å². The van der Waals surface area contributed by atoms with Crippen molar-refractivity contribution in [1.82, 2.24) is 10.2 Å². The number of primary amides is 1. The third-order valence-electron chi connectivity index (χ3n) is 3.41. The third-order valence-corrected chi connectivity index (χ3v) is 3.41. The Morgan fingerprint density at radius 3 is 2.88 bits per heavy atom. The molecule has 0 aromatic carbocycles. The quantitative estimate of drug-likeness (QED) is 0.778. The first kappa shape index (κ1) is 10.3. The first-order valence-electron chi connectivity index (χ1n) is 5.80. The summed E-state index contributed by atoms with van der Waals surface area (Å²) in [5.41, 5.74) is 6.30. The second-order valence-electron chi connectivity index (χ2n) is 4.76. The van der Waals surface area contributed by atoms with Crippen LogP contribution in [0, 0.1) is 5.92 Å². The molecule has 2 aliphatic rings. The fraction of sp³-hybridized carbons (Fsp3) is 0.545. The van der Waals surface area contributed by atoms with E-state index < -0.39 is 5.91 Å². The molecule has 1 aliphatic carbocycles. The van der Waals surface area contributed by atoms with Gasteiger partial charge in [0.05, 0.1) is 5.92 Å². The van der Waals surface area contributed by atoms with Gasteiger partial charge in [-0.05, 0) is 12.8 Å². The zero-order chi connectivity index (χ0) is 12.0. The summed E-state index contributed by atoms with van der Waals surface area (Å²) in [4.78, 5) is 24.4. The number of aromatic nitrogens is 2. The fourth-order valence-corrected chi connectivity index (χ4v) is 2.19. The number of anilines is 1. The van der Waals surface area contributed by atoms with E-state index in [1.807, 2.05) is 6.07 Å². The molecule has 6 heteroatoms. The number of hydrogen-bond donors (Lipinski definition) is 2. The van der Waals surface area contributed by atoms with E-state index in [0.29, 0.717) is 18.3 Å². The van der Waals surface area contributed by atoms with E-state index in [-0.39, 0.29) is 18.2 Å². The minimum Gasteiger partial charge on any atom is -0.369 e. The van der Waals surface area contributed by atoms with Crippen molar-refractivity contribution in [2.24, 2.45) is 11.7 Å². The standard InChI is InChI=1S/C11H14N4O2/c12-11(17)7-3-10(16)15(5-7)9-4-8(13-14-9)6-1-2-6/h4,6-7H,1-3,5H2,(H2,12,17)(H,13,14). The molecule has 6 nitrogen and oxygen atoms in total. The van der Waals surface area contributed by atoms with Crippen LogP contribution in [0.15, 0.2) is 6.07 Å². The van der Waals surface area contributed by atoms with Crippen molar-refractivity contribution in [2.75, 3.05) is 11.4 Å². The molecule has 2 fully saturated rings. The Hall–Kier alpha value is -1.85. The van der Waals surface area contributed by atoms with Gasteiger partial charge in [0.15, 0.2) is 5.82 Å². The largest absolute Gasteiger partial charge is 0.369 e. The lowest BCUT2D eigenvalue weighted by atomic mass is 10.1. The Morgan fingerprint density at radius 1 is 1.53 bits per heavy atom. The summed E-state index contributed by atoms with van der Waals surface area (Å²) in [5.74, 6) is 0.298. The zero-order valence-electron chi connectivity index (χ0n) is 9.35. The van der Waals surface area contributed by atoms with E-state index in [1.54, 1.807) is 0 Å². The lowest BCUT2D eigenvalue weighted by Crippen LogP contribution is -2.28. The number of rotatable bonds is 3. The SMILES string of the molecule is NC(=O)C1CC(=O)N(c2cc(C3CC3)[nH]n2)C1. The molecule has 1 atom stereocenters. The zero-order valence-corrected chi connectivity index (χ0v) is 9.35. The number of hydrogen-bond acceptors (Lipinski definition) is 3. The highest BCUT2D eigenvalue weighted by atomic mass is 16.2. The molecule has 1 saturated heterocycles. The number of nitrogens with two attached hydrogens (primary N) is 1. The van der Waals surface area contributed by atoms with E-state index >= 15 is 0 Å². The Kier molecular flexibility index (Phi) is 2.17. The van der Waals surface area contributed by atoms with E-state index in [4.69, 9.17) is 5.73 Å². The highest BCUT2D eigenvalue weighted by Crippen LogP contribution is 2.40. The summed E-state index contributed by atoms with van der Waals surface area (Å²) in [6.45, 7) is 0.350. The van der Waals surface area contributed by atoms with E-state index in [0.717, 1.165) is 5.69 Å². The van der Waals surface area contributed by atoms with E-state index in [9.17, 15) is 9.59 Å². The van der Waals surface area contributed by atoms with Crippen molar-refractivity contribution in [2.45, 2.75) is 25.2 Å². The summed E-state index contributed by atoms with van der Waals surface area (Å²) < 4.78 is 0. The predicted octanol–water partition coefficient (Wildman–Crippen LogP) is 0.125. The van der Waals surface area contributed by atoms with Gasteiger partial charge in [0.25, 0.3) is 0 Å². The van der Waals surface area contributed by atoms with Gasteiger partial charge in [-0.1, -0.05) is 0 Å². The minimum absolute atomic E-state index is 0.0809. The number of H-pyrrole nitrogens is 1. The number of carbonyl (C=O) groups excluding carboxylic acids is 2. The van der Waals surface area contributed by atoms with Gasteiger partial charge in [0.2, 0.25) is 11.8 Å². The van der Waals surface area contributed by atoms with Gasteiger partial charge in [-0.2, -0.15) is 5.10 Å². The minimum atomic E-state index is -0.418. The molecular formula is C11H14N4O2. The molecule has 1 saturated carbocycles. The Bertz CT molecular complexity index is 478. The van der Waals surface area contributed by atoms with E-state index in [1.165, 1.54) is 17.7 Å². The van der Waals surface area contributed by atoms with Crippen LogP contribution in [0.2, 0.25) is 0 Å². The van der Waals surface area contributed by atoms with Crippen molar-refractivity contribution >= 4 is 17.6 Å². The summed E-state index contributed by atoms with van der Waals surface area (Å²) in [7, 11) is 0. The number of nitrogens with one attached hydrogen (secondary N) is 1. The van der Waals surface area contributed by atoms with Crippen molar-refractivity contribution < 1.29 is 9.59 Å². The second-order valence-corrected chi connectivity index (χ2v) is 4.76. The average Bonchev–Trinajstić information content (AvgIpc) is 2.88. The van der Waals surface area contributed by atoms with Crippen LogP contribution in [0.5, 0.6) is 0 Å². The summed E-state index contributed by atoms with van der Waals surface area (Å²) in [5, 5.41) is 7.08. The van der Waals surface area contributed by atoms with E-state index in [2.05, 4.69) is 10.2 Å². The van der Waals surface area contributed by atoms with Crippen LogP contribution in [0.1, 0.15) is 30.9 Å². The van der Waals surface area contributed by atoms with Crippen molar-refractivity contribution in [3.05, 3.63) is 11.8 Å². The molecule has 3 N–H and O–H groups in total. The van der Waals surface area contributed by atoms with Crippen molar-refractivity contribution in [1.29, 1.82) is 0 Å². The smallest absolute Gasteiger partial charge is 0.229 e. The molecular weight excluding hydrogens is 220 g/mol. The molecule has 1 aromatic rings. The summed E-state index contributed by atoms with van der Waals surface area (Å²) >= 11 is 0. The predicted molar refractivity (Wildman–Crippen MR) is 60.2 cm³/mol. The molecule has 1 unspecified atom stereocenters. The highest BCUT2D eigenvalue weighted by Gasteiger charge is 2.35. The number of aromatic amines is 1. The number of nitrogens with zero attached hydrogens (tertiary/aromatic N) is 2. The molecule has 1 aromatic heterocycles. The first-order valence-corrected chi connectivity index (χ1v) is 5.80. The molecule has 2 amide bonds. The monoisotopic (exact) mass is 234 g/mol. The Balaban J connectivity index is 1.78. The highest BCUT2D eigenvalue weighted by molar-refractivity contribution is 5.99. The molecule has 0 radical (unpaired) electrons. The molecule has 90 valence electrons. The van der Waals surface area contributed by atoms with Crippen LogP contribution in [0.25, 0.3) is 0 Å². The van der Waals surface area contributed by atoms with Gasteiger partial charge in [0.1, 0.15) is 0 Å². The summed E-state index contributed by atoms with van der Waals surface area (Å²) in [6.07, 6.45) is 2.56.